The molecule has 0 amide bonds. The minimum Gasteiger partial charge on any atom is -0.385 e. The monoisotopic (exact) mass is 316 g/mol. The van der Waals surface area contributed by atoms with Crippen molar-refractivity contribution in [2.24, 2.45) is 0 Å². The van der Waals surface area contributed by atoms with Crippen molar-refractivity contribution in [3.63, 3.8) is 0 Å². The van der Waals surface area contributed by atoms with E-state index in [1.165, 1.54) is 16.7 Å². The fraction of sp³-hybridized carbons (Fsp3) is 0.294. The SMILES string of the molecule is Cc1ccc2c(c1)C(O)(Cc1ccccc1Br)CC2. The third-order valence-electron chi connectivity index (χ3n) is 4.02. The number of rotatable bonds is 2. The molecule has 1 aliphatic rings. The van der Waals surface area contributed by atoms with Gasteiger partial charge in [0.1, 0.15) is 0 Å². The fourth-order valence-corrected chi connectivity index (χ4v) is 3.38. The third kappa shape index (κ3) is 2.35. The van der Waals surface area contributed by atoms with E-state index in [-0.39, 0.29) is 0 Å². The Morgan fingerprint density at radius 1 is 1.21 bits per heavy atom. The summed E-state index contributed by atoms with van der Waals surface area (Å²) in [6.07, 6.45) is 2.45. The Balaban J connectivity index is 1.99. The Labute approximate surface area is 122 Å². The van der Waals surface area contributed by atoms with Crippen LogP contribution in [0.2, 0.25) is 0 Å². The molecule has 0 saturated heterocycles. The highest BCUT2D eigenvalue weighted by Gasteiger charge is 2.36. The summed E-state index contributed by atoms with van der Waals surface area (Å²) < 4.78 is 1.07. The first kappa shape index (κ1) is 12.9. The quantitative estimate of drug-likeness (QED) is 0.883. The van der Waals surface area contributed by atoms with Crippen LogP contribution in [0.4, 0.5) is 0 Å². The molecule has 2 aromatic rings. The predicted octanol–water partition coefficient (Wildman–Crippen LogP) is 4.13. The van der Waals surface area contributed by atoms with Gasteiger partial charge in [-0.3, -0.25) is 0 Å². The molecule has 0 spiro atoms. The van der Waals surface area contributed by atoms with Crippen LogP contribution in [0, 0.1) is 6.92 Å². The van der Waals surface area contributed by atoms with Gasteiger partial charge in [-0.15, -0.1) is 0 Å². The molecule has 3 rings (SSSR count). The molecule has 0 fully saturated rings. The van der Waals surface area contributed by atoms with Crippen molar-refractivity contribution < 1.29 is 5.11 Å². The fourth-order valence-electron chi connectivity index (χ4n) is 2.96. The highest BCUT2D eigenvalue weighted by Crippen LogP contribution is 2.40. The number of halogens is 1. The van der Waals surface area contributed by atoms with Crippen LogP contribution in [0.1, 0.15) is 28.7 Å². The normalized spacial score (nSPS) is 21.4. The summed E-state index contributed by atoms with van der Waals surface area (Å²) in [6, 6.07) is 14.6. The average Bonchev–Trinajstić information content (AvgIpc) is 2.70. The third-order valence-corrected chi connectivity index (χ3v) is 4.79. The van der Waals surface area contributed by atoms with E-state index in [0.717, 1.165) is 22.9 Å². The van der Waals surface area contributed by atoms with Crippen LogP contribution in [0.3, 0.4) is 0 Å². The lowest BCUT2D eigenvalue weighted by Crippen LogP contribution is -2.25. The lowest BCUT2D eigenvalue weighted by atomic mass is 9.88. The molecule has 2 aromatic carbocycles. The zero-order valence-electron chi connectivity index (χ0n) is 11.0. The van der Waals surface area contributed by atoms with E-state index in [4.69, 9.17) is 0 Å². The summed E-state index contributed by atoms with van der Waals surface area (Å²) in [6.45, 7) is 2.08. The van der Waals surface area contributed by atoms with E-state index in [0.29, 0.717) is 6.42 Å². The van der Waals surface area contributed by atoms with Crippen LogP contribution >= 0.6 is 15.9 Å². The molecule has 0 radical (unpaired) electrons. The van der Waals surface area contributed by atoms with Gasteiger partial charge >= 0.3 is 0 Å². The Morgan fingerprint density at radius 3 is 2.79 bits per heavy atom. The number of hydrogen-bond donors (Lipinski definition) is 1. The molecule has 0 aromatic heterocycles. The minimum absolute atomic E-state index is 0.672. The van der Waals surface area contributed by atoms with E-state index in [1.54, 1.807) is 0 Å². The van der Waals surface area contributed by atoms with Crippen molar-refractivity contribution in [1.82, 2.24) is 0 Å². The second-order valence-corrected chi connectivity index (χ2v) is 6.31. The highest BCUT2D eigenvalue weighted by atomic mass is 79.9. The first-order chi connectivity index (χ1) is 9.08. The van der Waals surface area contributed by atoms with Crippen molar-refractivity contribution in [3.05, 3.63) is 69.2 Å². The molecule has 0 saturated carbocycles. The van der Waals surface area contributed by atoms with Gasteiger partial charge in [-0.2, -0.15) is 0 Å². The number of aryl methyl sites for hydroxylation is 2. The van der Waals surface area contributed by atoms with Gasteiger partial charge in [-0.25, -0.2) is 0 Å². The summed E-state index contributed by atoms with van der Waals surface area (Å²) in [4.78, 5) is 0. The molecule has 1 unspecified atom stereocenters. The van der Waals surface area contributed by atoms with Gasteiger partial charge in [0.15, 0.2) is 0 Å². The topological polar surface area (TPSA) is 20.2 Å². The van der Waals surface area contributed by atoms with Crippen molar-refractivity contribution >= 4 is 15.9 Å². The summed E-state index contributed by atoms with van der Waals surface area (Å²) in [5, 5.41) is 11.0. The summed E-state index contributed by atoms with van der Waals surface area (Å²) in [5.74, 6) is 0. The molecule has 1 aliphatic carbocycles. The Kier molecular flexibility index (Phi) is 3.23. The van der Waals surface area contributed by atoms with Gasteiger partial charge in [0.25, 0.3) is 0 Å². The van der Waals surface area contributed by atoms with Gasteiger partial charge in [0.05, 0.1) is 5.60 Å². The first-order valence-corrected chi connectivity index (χ1v) is 7.44. The van der Waals surface area contributed by atoms with Gasteiger partial charge in [0, 0.05) is 10.9 Å². The minimum atomic E-state index is -0.717. The Hall–Kier alpha value is -1.12. The zero-order chi connectivity index (χ0) is 13.5. The van der Waals surface area contributed by atoms with Crippen molar-refractivity contribution in [3.8, 4) is 0 Å². The van der Waals surface area contributed by atoms with Gasteiger partial charge in [0.2, 0.25) is 0 Å². The van der Waals surface area contributed by atoms with E-state index < -0.39 is 5.60 Å². The molecule has 1 atom stereocenters. The Morgan fingerprint density at radius 2 is 2.00 bits per heavy atom. The molecule has 0 heterocycles. The number of hydrogen-bond acceptors (Lipinski definition) is 1. The van der Waals surface area contributed by atoms with Gasteiger partial charge in [-0.1, -0.05) is 57.9 Å². The smallest absolute Gasteiger partial charge is 0.0943 e. The van der Waals surface area contributed by atoms with Gasteiger partial charge in [-0.05, 0) is 42.5 Å². The van der Waals surface area contributed by atoms with E-state index in [9.17, 15) is 5.11 Å². The lowest BCUT2D eigenvalue weighted by Gasteiger charge is -2.25. The van der Waals surface area contributed by atoms with Crippen LogP contribution in [-0.2, 0) is 18.4 Å². The first-order valence-electron chi connectivity index (χ1n) is 6.64. The molecule has 98 valence electrons. The molecular formula is C17H17BrO. The van der Waals surface area contributed by atoms with Crippen molar-refractivity contribution in [2.75, 3.05) is 0 Å². The van der Waals surface area contributed by atoms with Gasteiger partial charge < -0.3 is 5.11 Å². The van der Waals surface area contributed by atoms with Crippen molar-refractivity contribution in [2.45, 2.75) is 31.8 Å². The number of fused-ring (bicyclic) bond motifs is 1. The molecule has 19 heavy (non-hydrogen) atoms. The maximum atomic E-state index is 11.0. The molecule has 0 aliphatic heterocycles. The standard InChI is InChI=1S/C17H17BrO/c1-12-6-7-13-8-9-17(19,15(13)10-12)11-14-4-2-3-5-16(14)18/h2-7,10,19H,8-9,11H2,1H3. The molecule has 2 heteroatoms. The second kappa shape index (κ2) is 4.77. The zero-order valence-corrected chi connectivity index (χ0v) is 12.6. The van der Waals surface area contributed by atoms with Crippen LogP contribution in [0.25, 0.3) is 0 Å². The van der Waals surface area contributed by atoms with Crippen LogP contribution in [0.5, 0.6) is 0 Å². The second-order valence-electron chi connectivity index (χ2n) is 5.46. The average molecular weight is 317 g/mol. The van der Waals surface area contributed by atoms with Crippen LogP contribution < -0.4 is 0 Å². The van der Waals surface area contributed by atoms with Crippen LogP contribution in [0.15, 0.2) is 46.9 Å². The largest absolute Gasteiger partial charge is 0.385 e. The molecular weight excluding hydrogens is 300 g/mol. The Bertz CT molecular complexity index is 620. The van der Waals surface area contributed by atoms with E-state index in [1.807, 2.05) is 18.2 Å². The van der Waals surface area contributed by atoms with E-state index in [2.05, 4.69) is 47.1 Å². The van der Waals surface area contributed by atoms with E-state index >= 15 is 0 Å². The van der Waals surface area contributed by atoms with Crippen LogP contribution in [-0.4, -0.2) is 5.11 Å². The molecule has 0 bridgehead atoms. The maximum Gasteiger partial charge on any atom is 0.0943 e. The highest BCUT2D eigenvalue weighted by molar-refractivity contribution is 9.10. The summed E-state index contributed by atoms with van der Waals surface area (Å²) in [5.41, 5.74) is 4.07. The van der Waals surface area contributed by atoms with Crippen molar-refractivity contribution in [1.29, 1.82) is 0 Å². The molecule has 1 nitrogen and oxygen atoms in total. The summed E-state index contributed by atoms with van der Waals surface area (Å²) in [7, 11) is 0. The maximum absolute atomic E-state index is 11.0. The number of aliphatic hydroxyl groups is 1. The predicted molar refractivity (Wildman–Crippen MR) is 81.2 cm³/mol. The number of benzene rings is 2. The summed E-state index contributed by atoms with van der Waals surface area (Å²) >= 11 is 3.57. The lowest BCUT2D eigenvalue weighted by molar-refractivity contribution is 0.0387. The molecule has 1 N–H and O–H groups in total.